The number of methoxy groups -OCH3 is 1. The van der Waals surface area contributed by atoms with Crippen LogP contribution in [0.1, 0.15) is 22.8 Å². The lowest BCUT2D eigenvalue weighted by Crippen LogP contribution is -2.40. The highest BCUT2D eigenvalue weighted by Gasteiger charge is 2.15. The lowest BCUT2D eigenvalue weighted by atomic mass is 10.2. The number of nitrogens with one attached hydrogen (secondary N) is 2. The molecule has 1 aromatic carbocycles. The van der Waals surface area contributed by atoms with Crippen LogP contribution in [0.25, 0.3) is 0 Å². The molecule has 0 unspecified atom stereocenters. The average Bonchev–Trinajstić information content (AvgIpc) is 2.58. The number of aryl methyl sites for hydroxylation is 1. The van der Waals surface area contributed by atoms with E-state index in [0.29, 0.717) is 18.3 Å². The molecule has 0 aliphatic heterocycles. The summed E-state index contributed by atoms with van der Waals surface area (Å²) in [6, 6.07) is 7.48. The molecule has 134 valence electrons. The molecule has 2 aromatic rings. The van der Waals surface area contributed by atoms with Gasteiger partial charge in [0.05, 0.1) is 6.10 Å². The van der Waals surface area contributed by atoms with Crippen LogP contribution in [0, 0.1) is 6.92 Å². The van der Waals surface area contributed by atoms with Crippen LogP contribution in [-0.4, -0.2) is 41.7 Å². The number of amides is 1. The van der Waals surface area contributed by atoms with Crippen molar-refractivity contribution in [2.24, 2.45) is 11.5 Å². The topological polar surface area (TPSA) is 128 Å². The van der Waals surface area contributed by atoms with Gasteiger partial charge in [0.2, 0.25) is 5.95 Å². The maximum atomic E-state index is 11.6. The van der Waals surface area contributed by atoms with Gasteiger partial charge in [-0.1, -0.05) is 12.1 Å². The predicted octanol–water partition coefficient (Wildman–Crippen LogP) is 1.40. The number of hydrogen-bond donors (Lipinski definition) is 4. The molecule has 0 saturated carbocycles. The highest BCUT2D eigenvalue weighted by Crippen LogP contribution is 2.20. The molecule has 8 nitrogen and oxygen atoms in total. The van der Waals surface area contributed by atoms with E-state index in [2.05, 4.69) is 20.6 Å². The van der Waals surface area contributed by atoms with Crippen molar-refractivity contribution in [3.63, 3.8) is 0 Å². The van der Waals surface area contributed by atoms with E-state index in [1.807, 2.05) is 38.1 Å². The first-order valence-electron chi connectivity index (χ1n) is 7.93. The van der Waals surface area contributed by atoms with Crippen LogP contribution in [-0.2, 0) is 4.74 Å². The third kappa shape index (κ3) is 5.13. The number of anilines is 3. The van der Waals surface area contributed by atoms with Gasteiger partial charge in [-0.3, -0.25) is 4.79 Å². The van der Waals surface area contributed by atoms with Crippen LogP contribution in [0.4, 0.5) is 17.5 Å². The molecule has 0 aliphatic carbocycles. The van der Waals surface area contributed by atoms with Crippen LogP contribution < -0.4 is 22.1 Å². The Labute approximate surface area is 147 Å². The highest BCUT2D eigenvalue weighted by atomic mass is 16.5. The van der Waals surface area contributed by atoms with Gasteiger partial charge < -0.3 is 26.8 Å². The lowest BCUT2D eigenvalue weighted by Gasteiger charge is -2.19. The number of carbonyl (C=O) groups is 1. The first-order chi connectivity index (χ1) is 11.9. The summed E-state index contributed by atoms with van der Waals surface area (Å²) in [6.07, 6.45) is 1.28. The summed E-state index contributed by atoms with van der Waals surface area (Å²) < 4.78 is 5.19. The summed E-state index contributed by atoms with van der Waals surface area (Å²) in [7, 11) is 1.60. The van der Waals surface area contributed by atoms with E-state index >= 15 is 0 Å². The second kappa shape index (κ2) is 8.41. The molecule has 0 spiro atoms. The molecule has 0 radical (unpaired) electrons. The van der Waals surface area contributed by atoms with E-state index in [4.69, 9.17) is 16.2 Å². The van der Waals surface area contributed by atoms with E-state index in [1.54, 1.807) is 7.11 Å². The Bertz CT molecular complexity index is 737. The number of rotatable bonds is 8. The molecule has 0 saturated heterocycles. The van der Waals surface area contributed by atoms with Crippen molar-refractivity contribution in [1.82, 2.24) is 9.97 Å². The Morgan fingerprint density at radius 3 is 2.80 bits per heavy atom. The summed E-state index contributed by atoms with van der Waals surface area (Å²) in [5.41, 5.74) is 13.5. The summed E-state index contributed by atoms with van der Waals surface area (Å²) >= 11 is 0. The minimum Gasteiger partial charge on any atom is -0.380 e. The van der Waals surface area contributed by atoms with E-state index in [9.17, 15) is 4.79 Å². The van der Waals surface area contributed by atoms with E-state index < -0.39 is 5.91 Å². The van der Waals surface area contributed by atoms with Gasteiger partial charge in [-0.25, -0.2) is 4.98 Å². The molecule has 6 N–H and O–H groups in total. The molecular formula is C17H24N6O2. The molecule has 1 amide bonds. The largest absolute Gasteiger partial charge is 0.380 e. The number of nitrogens with two attached hydrogens (primary N) is 2. The number of hydrogen-bond acceptors (Lipinski definition) is 7. The van der Waals surface area contributed by atoms with Gasteiger partial charge in [0, 0.05) is 31.6 Å². The fraction of sp³-hybridized carbons (Fsp3) is 0.353. The standard InChI is InChI=1S/C17H24N6O2/c1-10-5-4-6-12(7-10)22-16-13(15(19)24)8-20-17(23-16)21-9-14(18)11(2)25-3/h4-8,11,14H,9,18H2,1-3H3,(H2,19,24)(H2,20,21,22,23)/t11-,14-/m1/s1. The Hall–Kier alpha value is -2.71. The minimum atomic E-state index is -0.605. The fourth-order valence-corrected chi connectivity index (χ4v) is 2.15. The smallest absolute Gasteiger partial charge is 0.254 e. The third-order valence-corrected chi connectivity index (χ3v) is 3.81. The molecule has 1 heterocycles. The number of primary amides is 1. The second-order valence-corrected chi connectivity index (χ2v) is 5.80. The van der Waals surface area contributed by atoms with E-state index in [-0.39, 0.29) is 17.7 Å². The molecular weight excluding hydrogens is 320 g/mol. The van der Waals surface area contributed by atoms with Gasteiger partial charge in [-0.2, -0.15) is 4.98 Å². The zero-order valence-corrected chi connectivity index (χ0v) is 14.6. The normalized spacial score (nSPS) is 13.1. The first kappa shape index (κ1) is 18.6. The van der Waals surface area contributed by atoms with Gasteiger partial charge in [0.15, 0.2) is 0 Å². The Kier molecular flexibility index (Phi) is 6.26. The Morgan fingerprint density at radius 2 is 2.16 bits per heavy atom. The van der Waals surface area contributed by atoms with E-state index in [0.717, 1.165) is 11.3 Å². The SMILES string of the molecule is CO[C@H](C)[C@H](N)CNc1ncc(C(N)=O)c(Nc2cccc(C)c2)n1. The van der Waals surface area contributed by atoms with Crippen molar-refractivity contribution < 1.29 is 9.53 Å². The number of ether oxygens (including phenoxy) is 1. The minimum absolute atomic E-state index is 0.109. The summed E-state index contributed by atoms with van der Waals surface area (Å²) in [5.74, 6) is 0.0780. The number of aromatic nitrogens is 2. The molecule has 2 atom stereocenters. The highest BCUT2D eigenvalue weighted by molar-refractivity contribution is 5.98. The van der Waals surface area contributed by atoms with Gasteiger partial charge in [0.1, 0.15) is 11.4 Å². The van der Waals surface area contributed by atoms with Crippen molar-refractivity contribution in [1.29, 1.82) is 0 Å². The second-order valence-electron chi connectivity index (χ2n) is 5.80. The van der Waals surface area contributed by atoms with Crippen LogP contribution >= 0.6 is 0 Å². The van der Waals surface area contributed by atoms with Crippen molar-refractivity contribution >= 4 is 23.4 Å². The van der Waals surface area contributed by atoms with Crippen LogP contribution in [0.5, 0.6) is 0 Å². The summed E-state index contributed by atoms with van der Waals surface area (Å²) in [4.78, 5) is 20.1. The van der Waals surface area contributed by atoms with Crippen molar-refractivity contribution in [3.05, 3.63) is 41.6 Å². The van der Waals surface area contributed by atoms with Crippen molar-refractivity contribution in [3.8, 4) is 0 Å². The zero-order chi connectivity index (χ0) is 18.4. The Morgan fingerprint density at radius 1 is 1.40 bits per heavy atom. The third-order valence-electron chi connectivity index (χ3n) is 3.81. The predicted molar refractivity (Wildman–Crippen MR) is 97.9 cm³/mol. The number of benzene rings is 1. The van der Waals surface area contributed by atoms with Gasteiger partial charge >= 0.3 is 0 Å². The monoisotopic (exact) mass is 344 g/mol. The molecule has 8 heteroatoms. The molecule has 25 heavy (non-hydrogen) atoms. The van der Waals surface area contributed by atoms with Crippen molar-refractivity contribution in [2.75, 3.05) is 24.3 Å². The number of carbonyl (C=O) groups excluding carboxylic acids is 1. The van der Waals surface area contributed by atoms with E-state index in [1.165, 1.54) is 6.20 Å². The molecule has 0 fully saturated rings. The van der Waals surface area contributed by atoms with Crippen LogP contribution in [0.3, 0.4) is 0 Å². The van der Waals surface area contributed by atoms with Gasteiger partial charge in [-0.05, 0) is 31.5 Å². The molecule has 0 aliphatic rings. The van der Waals surface area contributed by atoms with Crippen molar-refractivity contribution in [2.45, 2.75) is 26.0 Å². The quantitative estimate of drug-likeness (QED) is 0.570. The summed E-state index contributed by atoms with van der Waals surface area (Å²) in [6.45, 7) is 4.29. The van der Waals surface area contributed by atoms with Gasteiger partial charge in [-0.15, -0.1) is 0 Å². The average molecular weight is 344 g/mol. The molecule has 2 rings (SSSR count). The molecule has 0 bridgehead atoms. The van der Waals surface area contributed by atoms with Crippen LogP contribution in [0.2, 0.25) is 0 Å². The van der Waals surface area contributed by atoms with Gasteiger partial charge in [0.25, 0.3) is 5.91 Å². The lowest BCUT2D eigenvalue weighted by molar-refractivity contribution is 0.0989. The maximum Gasteiger partial charge on any atom is 0.254 e. The summed E-state index contributed by atoms with van der Waals surface area (Å²) in [5, 5.41) is 6.15. The number of nitrogens with zero attached hydrogens (tertiary/aromatic N) is 2. The molecule has 1 aromatic heterocycles. The van der Waals surface area contributed by atoms with Crippen LogP contribution in [0.15, 0.2) is 30.5 Å². The maximum absolute atomic E-state index is 11.6. The first-order valence-corrected chi connectivity index (χ1v) is 7.93. The zero-order valence-electron chi connectivity index (χ0n) is 14.6. The fourth-order valence-electron chi connectivity index (χ4n) is 2.15. The Balaban J connectivity index is 2.20.